The lowest BCUT2D eigenvalue weighted by atomic mass is 10.1. The van der Waals surface area contributed by atoms with Crippen LogP contribution in [0.4, 0.5) is 5.69 Å². The van der Waals surface area contributed by atoms with Gasteiger partial charge in [0.25, 0.3) is 0 Å². The highest BCUT2D eigenvalue weighted by Crippen LogP contribution is 2.27. The Hall–Kier alpha value is -2.06. The summed E-state index contributed by atoms with van der Waals surface area (Å²) in [6, 6.07) is 18.4. The maximum atomic E-state index is 5.95. The fraction of sp³-hybridized carbons (Fsp3) is 0.167. The number of hydrogen-bond donors (Lipinski definition) is 1. The molecule has 3 rings (SSSR count). The molecule has 0 aliphatic rings. The van der Waals surface area contributed by atoms with Gasteiger partial charge in [0.2, 0.25) is 0 Å². The molecule has 2 nitrogen and oxygen atoms in total. The molecule has 0 saturated heterocycles. The number of fused-ring (bicyclic) bond motifs is 1. The van der Waals surface area contributed by atoms with E-state index in [2.05, 4.69) is 41.5 Å². The third-order valence-electron chi connectivity index (χ3n) is 3.59. The second-order valence-electron chi connectivity index (χ2n) is 5.25. The molecule has 0 aliphatic heterocycles. The fourth-order valence-corrected chi connectivity index (χ4v) is 2.62. The van der Waals surface area contributed by atoms with Crippen LogP contribution in [0, 0.1) is 6.92 Å². The van der Waals surface area contributed by atoms with E-state index in [-0.39, 0.29) is 6.04 Å². The van der Waals surface area contributed by atoms with Crippen LogP contribution in [0.3, 0.4) is 0 Å². The summed E-state index contributed by atoms with van der Waals surface area (Å²) < 4.78 is 0. The molecule has 3 heteroatoms. The van der Waals surface area contributed by atoms with Crippen LogP contribution in [-0.4, -0.2) is 4.98 Å². The molecule has 1 aromatic heterocycles. The number of aryl methyl sites for hydroxylation is 1. The average Bonchev–Trinajstić information content (AvgIpc) is 2.47. The summed E-state index contributed by atoms with van der Waals surface area (Å²) in [5.74, 6) is 0. The van der Waals surface area contributed by atoms with E-state index < -0.39 is 0 Å². The van der Waals surface area contributed by atoms with E-state index in [4.69, 9.17) is 11.6 Å². The molecule has 106 valence electrons. The molecule has 21 heavy (non-hydrogen) atoms. The molecule has 0 amide bonds. The zero-order chi connectivity index (χ0) is 14.8. The van der Waals surface area contributed by atoms with E-state index in [1.807, 2.05) is 37.3 Å². The molecule has 0 spiro atoms. The van der Waals surface area contributed by atoms with Crippen molar-refractivity contribution in [2.45, 2.75) is 19.9 Å². The van der Waals surface area contributed by atoms with Crippen molar-refractivity contribution in [3.05, 3.63) is 70.9 Å². The van der Waals surface area contributed by atoms with E-state index in [1.54, 1.807) is 0 Å². The SMILES string of the molecule is Cc1cc(NC(C)c2ccc(Cl)cc2)c2ccccc2n1. The average molecular weight is 297 g/mol. The Balaban J connectivity index is 1.95. The largest absolute Gasteiger partial charge is 0.378 e. The van der Waals surface area contributed by atoms with Crippen molar-refractivity contribution in [1.82, 2.24) is 4.98 Å². The first-order valence-electron chi connectivity index (χ1n) is 7.02. The van der Waals surface area contributed by atoms with Gasteiger partial charge in [0.05, 0.1) is 5.52 Å². The van der Waals surface area contributed by atoms with E-state index in [1.165, 1.54) is 5.56 Å². The predicted octanol–water partition coefficient (Wildman–Crippen LogP) is 5.37. The van der Waals surface area contributed by atoms with Crippen LogP contribution in [0.25, 0.3) is 10.9 Å². The molecule has 0 bridgehead atoms. The molecule has 1 N–H and O–H groups in total. The molecule has 0 fully saturated rings. The van der Waals surface area contributed by atoms with Crippen LogP contribution in [0.15, 0.2) is 54.6 Å². The van der Waals surface area contributed by atoms with Crippen molar-refractivity contribution in [3.63, 3.8) is 0 Å². The Bertz CT molecular complexity index is 766. The molecular weight excluding hydrogens is 280 g/mol. The second-order valence-corrected chi connectivity index (χ2v) is 5.68. The summed E-state index contributed by atoms with van der Waals surface area (Å²) in [4.78, 5) is 4.57. The summed E-state index contributed by atoms with van der Waals surface area (Å²) in [5, 5.41) is 5.48. The van der Waals surface area contributed by atoms with Crippen molar-refractivity contribution in [3.8, 4) is 0 Å². The van der Waals surface area contributed by atoms with Crippen molar-refractivity contribution < 1.29 is 0 Å². The molecule has 1 unspecified atom stereocenters. The van der Waals surface area contributed by atoms with Gasteiger partial charge in [0, 0.05) is 27.8 Å². The summed E-state index contributed by atoms with van der Waals surface area (Å²) in [7, 11) is 0. The summed E-state index contributed by atoms with van der Waals surface area (Å²) in [5.41, 5.74) is 4.35. The van der Waals surface area contributed by atoms with Crippen LogP contribution in [0.2, 0.25) is 5.02 Å². The smallest absolute Gasteiger partial charge is 0.0725 e. The normalized spacial score (nSPS) is 12.3. The van der Waals surface area contributed by atoms with Gasteiger partial charge in [0.15, 0.2) is 0 Å². The highest BCUT2D eigenvalue weighted by atomic mass is 35.5. The van der Waals surface area contributed by atoms with Gasteiger partial charge in [-0.2, -0.15) is 0 Å². The number of nitrogens with one attached hydrogen (secondary N) is 1. The number of hydrogen-bond acceptors (Lipinski definition) is 2. The van der Waals surface area contributed by atoms with E-state index in [9.17, 15) is 0 Å². The Kier molecular flexibility index (Phi) is 3.80. The standard InChI is InChI=1S/C18H17ClN2/c1-12-11-18(16-5-3-4-6-17(16)20-12)21-13(2)14-7-9-15(19)10-8-14/h3-11,13H,1-2H3,(H,20,21). The summed E-state index contributed by atoms with van der Waals surface area (Å²) >= 11 is 5.95. The minimum absolute atomic E-state index is 0.201. The van der Waals surface area contributed by atoms with Gasteiger partial charge < -0.3 is 5.32 Å². The highest BCUT2D eigenvalue weighted by Gasteiger charge is 2.09. The summed E-state index contributed by atoms with van der Waals surface area (Å²) in [6.45, 7) is 4.17. The number of pyridine rings is 1. The van der Waals surface area contributed by atoms with E-state index in [0.29, 0.717) is 0 Å². The van der Waals surface area contributed by atoms with Gasteiger partial charge in [-0.15, -0.1) is 0 Å². The van der Waals surface area contributed by atoms with Crippen LogP contribution in [0.5, 0.6) is 0 Å². The molecule has 2 aromatic carbocycles. The van der Waals surface area contributed by atoms with Crippen molar-refractivity contribution in [2.24, 2.45) is 0 Å². The molecule has 1 atom stereocenters. The summed E-state index contributed by atoms with van der Waals surface area (Å²) in [6.07, 6.45) is 0. The topological polar surface area (TPSA) is 24.9 Å². The number of halogens is 1. The zero-order valence-electron chi connectivity index (χ0n) is 12.1. The van der Waals surface area contributed by atoms with Gasteiger partial charge >= 0.3 is 0 Å². The maximum Gasteiger partial charge on any atom is 0.0725 e. The van der Waals surface area contributed by atoms with Crippen LogP contribution in [-0.2, 0) is 0 Å². The minimum Gasteiger partial charge on any atom is -0.378 e. The quantitative estimate of drug-likeness (QED) is 0.703. The van der Waals surface area contributed by atoms with Crippen molar-refractivity contribution in [1.29, 1.82) is 0 Å². The van der Waals surface area contributed by atoms with Crippen LogP contribution >= 0.6 is 11.6 Å². The Morgan fingerprint density at radius 3 is 2.52 bits per heavy atom. The number of benzene rings is 2. The van der Waals surface area contributed by atoms with Gasteiger partial charge in [-0.1, -0.05) is 41.9 Å². The van der Waals surface area contributed by atoms with Crippen molar-refractivity contribution >= 4 is 28.2 Å². The third-order valence-corrected chi connectivity index (χ3v) is 3.84. The monoisotopic (exact) mass is 296 g/mol. The predicted molar refractivity (Wildman–Crippen MR) is 90.0 cm³/mol. The van der Waals surface area contributed by atoms with Crippen LogP contribution in [0.1, 0.15) is 24.2 Å². The first kappa shape index (κ1) is 13.9. The Morgan fingerprint density at radius 1 is 1.05 bits per heavy atom. The minimum atomic E-state index is 0.201. The van der Waals surface area contributed by atoms with Gasteiger partial charge in [0.1, 0.15) is 0 Å². The lowest BCUT2D eigenvalue weighted by Crippen LogP contribution is -2.07. The number of nitrogens with zero attached hydrogens (tertiary/aromatic N) is 1. The maximum absolute atomic E-state index is 5.95. The first-order chi connectivity index (χ1) is 10.1. The number of aromatic nitrogens is 1. The molecule has 0 saturated carbocycles. The molecule has 1 heterocycles. The van der Waals surface area contributed by atoms with Gasteiger partial charge in [-0.3, -0.25) is 4.98 Å². The van der Waals surface area contributed by atoms with E-state index in [0.717, 1.165) is 27.3 Å². The van der Waals surface area contributed by atoms with Crippen molar-refractivity contribution in [2.75, 3.05) is 5.32 Å². The number of rotatable bonds is 3. The highest BCUT2D eigenvalue weighted by molar-refractivity contribution is 6.30. The lowest BCUT2D eigenvalue weighted by Gasteiger charge is -2.18. The number of anilines is 1. The Morgan fingerprint density at radius 2 is 1.76 bits per heavy atom. The van der Waals surface area contributed by atoms with Crippen LogP contribution < -0.4 is 5.32 Å². The molecule has 0 radical (unpaired) electrons. The first-order valence-corrected chi connectivity index (χ1v) is 7.39. The molecule has 3 aromatic rings. The third kappa shape index (κ3) is 3.01. The fourth-order valence-electron chi connectivity index (χ4n) is 2.50. The zero-order valence-corrected chi connectivity index (χ0v) is 12.9. The van der Waals surface area contributed by atoms with E-state index >= 15 is 0 Å². The number of para-hydroxylation sites is 1. The molecule has 0 aliphatic carbocycles. The van der Waals surface area contributed by atoms with Gasteiger partial charge in [-0.25, -0.2) is 0 Å². The second kappa shape index (κ2) is 5.74. The van der Waals surface area contributed by atoms with Gasteiger partial charge in [-0.05, 0) is 43.7 Å². The Labute approximate surface area is 129 Å². The molecular formula is C18H17ClN2. The lowest BCUT2D eigenvalue weighted by molar-refractivity contribution is 0.886.